The summed E-state index contributed by atoms with van der Waals surface area (Å²) in [6.07, 6.45) is -3.96. The van der Waals surface area contributed by atoms with Gasteiger partial charge in [0.05, 0.1) is 11.9 Å². The first-order valence-electron chi connectivity index (χ1n) is 4.51. The Labute approximate surface area is 98.9 Å². The summed E-state index contributed by atoms with van der Waals surface area (Å²) in [6.45, 7) is -1.25. The molecule has 0 N–H and O–H groups in total. The van der Waals surface area contributed by atoms with Gasteiger partial charge in [0.25, 0.3) is 0 Å². The Hall–Kier alpha value is -0.630. The number of rotatable bonds is 5. The predicted octanol–water partition coefficient (Wildman–Crippen LogP) is 1.83. The maximum absolute atomic E-state index is 11.8. The Morgan fingerprint density at radius 3 is 2.44 bits per heavy atom. The number of hydrogen-bond acceptors (Lipinski definition) is 3. The maximum atomic E-state index is 11.8. The fourth-order valence-corrected chi connectivity index (χ4v) is 1.57. The van der Waals surface area contributed by atoms with Gasteiger partial charge in [-0.3, -0.25) is 0 Å². The second kappa shape index (κ2) is 5.62. The topological polar surface area (TPSA) is 39.9 Å². The van der Waals surface area contributed by atoms with E-state index in [1.54, 1.807) is 11.6 Å². The van der Waals surface area contributed by atoms with Crippen LogP contribution >= 0.6 is 15.9 Å². The van der Waals surface area contributed by atoms with Gasteiger partial charge in [-0.15, -0.1) is 10.2 Å². The third kappa shape index (κ3) is 4.09. The van der Waals surface area contributed by atoms with Crippen LogP contribution in [0.4, 0.5) is 13.2 Å². The molecule has 1 rings (SSSR count). The first-order chi connectivity index (χ1) is 7.44. The third-order valence-corrected chi connectivity index (χ3v) is 2.41. The van der Waals surface area contributed by atoms with Crippen LogP contribution in [0.15, 0.2) is 0 Å². The zero-order valence-corrected chi connectivity index (χ0v) is 10.2. The van der Waals surface area contributed by atoms with E-state index < -0.39 is 12.8 Å². The SMILES string of the molecule is Cn1c(CBr)nnc1CCOCC(F)(F)F. The lowest BCUT2D eigenvalue weighted by atomic mass is 10.4. The van der Waals surface area contributed by atoms with Crippen LogP contribution in [-0.2, 0) is 23.5 Å². The number of nitrogens with zero attached hydrogens (tertiary/aromatic N) is 3. The maximum Gasteiger partial charge on any atom is 0.411 e. The summed E-state index contributed by atoms with van der Waals surface area (Å²) < 4.78 is 41.5. The summed E-state index contributed by atoms with van der Waals surface area (Å²) in [4.78, 5) is 0. The van der Waals surface area contributed by atoms with E-state index in [2.05, 4.69) is 30.9 Å². The van der Waals surface area contributed by atoms with Crippen LogP contribution in [0.3, 0.4) is 0 Å². The van der Waals surface area contributed by atoms with Crippen molar-refractivity contribution in [3.8, 4) is 0 Å². The Kier molecular flexibility index (Phi) is 4.72. The number of hydrogen-bond donors (Lipinski definition) is 0. The van der Waals surface area contributed by atoms with E-state index in [-0.39, 0.29) is 6.61 Å². The molecule has 0 bridgehead atoms. The van der Waals surface area contributed by atoms with Crippen LogP contribution in [0.5, 0.6) is 0 Å². The van der Waals surface area contributed by atoms with Gasteiger partial charge in [-0.2, -0.15) is 13.2 Å². The first-order valence-corrected chi connectivity index (χ1v) is 5.64. The second-order valence-electron chi connectivity index (χ2n) is 3.14. The van der Waals surface area contributed by atoms with Crippen molar-refractivity contribution in [2.75, 3.05) is 13.2 Å². The molecule has 0 aliphatic carbocycles. The molecule has 92 valence electrons. The average Bonchev–Trinajstić information content (AvgIpc) is 2.53. The van der Waals surface area contributed by atoms with Crippen molar-refractivity contribution in [2.45, 2.75) is 17.9 Å². The minimum atomic E-state index is -4.28. The van der Waals surface area contributed by atoms with Crippen molar-refractivity contribution in [1.29, 1.82) is 0 Å². The zero-order chi connectivity index (χ0) is 12.2. The molecule has 0 aliphatic heterocycles. The number of alkyl halides is 4. The molecule has 0 amide bonds. The predicted molar refractivity (Wildman–Crippen MR) is 54.2 cm³/mol. The van der Waals surface area contributed by atoms with Crippen LogP contribution in [-0.4, -0.2) is 34.2 Å². The molecule has 4 nitrogen and oxygen atoms in total. The molecule has 0 fully saturated rings. The van der Waals surface area contributed by atoms with Crippen LogP contribution in [0.1, 0.15) is 11.6 Å². The molecular weight excluding hydrogens is 291 g/mol. The summed E-state index contributed by atoms with van der Waals surface area (Å²) in [6, 6.07) is 0. The van der Waals surface area contributed by atoms with Crippen molar-refractivity contribution >= 4 is 15.9 Å². The highest BCUT2D eigenvalue weighted by Crippen LogP contribution is 2.14. The summed E-state index contributed by atoms with van der Waals surface area (Å²) in [5.41, 5.74) is 0. The molecule has 0 atom stereocenters. The van der Waals surface area contributed by atoms with Gasteiger partial charge in [0.1, 0.15) is 18.3 Å². The molecule has 1 aromatic heterocycles. The minimum absolute atomic E-state index is 0.0201. The van der Waals surface area contributed by atoms with Gasteiger partial charge in [-0.1, -0.05) is 15.9 Å². The van der Waals surface area contributed by atoms with Crippen molar-refractivity contribution < 1.29 is 17.9 Å². The van der Waals surface area contributed by atoms with E-state index >= 15 is 0 Å². The Bertz CT molecular complexity index is 340. The second-order valence-corrected chi connectivity index (χ2v) is 3.70. The highest BCUT2D eigenvalue weighted by molar-refractivity contribution is 9.08. The lowest BCUT2D eigenvalue weighted by Gasteiger charge is -2.07. The fraction of sp³-hybridized carbons (Fsp3) is 0.750. The van der Waals surface area contributed by atoms with Crippen LogP contribution < -0.4 is 0 Å². The van der Waals surface area contributed by atoms with Crippen molar-refractivity contribution in [3.63, 3.8) is 0 Å². The minimum Gasteiger partial charge on any atom is -0.372 e. The van der Waals surface area contributed by atoms with E-state index in [1.807, 2.05) is 0 Å². The molecule has 0 unspecified atom stereocenters. The normalized spacial score (nSPS) is 12.1. The Morgan fingerprint density at radius 2 is 1.94 bits per heavy atom. The number of ether oxygens (including phenoxy) is 1. The zero-order valence-electron chi connectivity index (χ0n) is 8.59. The highest BCUT2D eigenvalue weighted by atomic mass is 79.9. The van der Waals surface area contributed by atoms with Gasteiger partial charge in [0.15, 0.2) is 0 Å². The molecule has 0 aliphatic rings. The summed E-state index contributed by atoms with van der Waals surface area (Å²) in [5.74, 6) is 1.34. The number of aromatic nitrogens is 3. The van der Waals surface area contributed by atoms with E-state index in [4.69, 9.17) is 0 Å². The molecule has 0 aromatic carbocycles. The third-order valence-electron chi connectivity index (χ3n) is 1.91. The van der Waals surface area contributed by atoms with Gasteiger partial charge in [0.2, 0.25) is 0 Å². The Balaban J connectivity index is 2.35. The van der Waals surface area contributed by atoms with E-state index in [0.717, 1.165) is 5.82 Å². The van der Waals surface area contributed by atoms with Crippen LogP contribution in [0.25, 0.3) is 0 Å². The van der Waals surface area contributed by atoms with E-state index in [1.165, 1.54) is 0 Å². The number of halogens is 4. The summed E-state index contributed by atoms with van der Waals surface area (Å²) in [5, 5.41) is 8.25. The first kappa shape index (κ1) is 13.4. The fourth-order valence-electron chi connectivity index (χ4n) is 1.08. The quantitative estimate of drug-likeness (QED) is 0.615. The van der Waals surface area contributed by atoms with Gasteiger partial charge >= 0.3 is 6.18 Å². The molecule has 0 radical (unpaired) electrons. The smallest absolute Gasteiger partial charge is 0.372 e. The standard InChI is InChI=1S/C8H11BrF3N3O/c1-15-6(13-14-7(15)4-9)2-3-16-5-8(10,11)12/h2-5H2,1H3. The molecule has 8 heteroatoms. The largest absolute Gasteiger partial charge is 0.411 e. The van der Waals surface area contributed by atoms with Gasteiger partial charge in [-0.25, -0.2) is 0 Å². The summed E-state index contributed by atoms with van der Waals surface area (Å²) in [7, 11) is 1.76. The van der Waals surface area contributed by atoms with E-state index in [9.17, 15) is 13.2 Å². The van der Waals surface area contributed by atoms with Gasteiger partial charge in [0, 0.05) is 13.5 Å². The highest BCUT2D eigenvalue weighted by Gasteiger charge is 2.27. The molecule has 16 heavy (non-hydrogen) atoms. The van der Waals surface area contributed by atoms with E-state index in [0.29, 0.717) is 17.6 Å². The molecule has 0 saturated heterocycles. The van der Waals surface area contributed by atoms with Crippen molar-refractivity contribution in [1.82, 2.24) is 14.8 Å². The Morgan fingerprint density at radius 1 is 1.31 bits per heavy atom. The van der Waals surface area contributed by atoms with Crippen molar-refractivity contribution in [2.24, 2.45) is 7.05 Å². The lowest BCUT2D eigenvalue weighted by molar-refractivity contribution is -0.173. The average molecular weight is 302 g/mol. The molecule has 1 aromatic rings. The van der Waals surface area contributed by atoms with Gasteiger partial charge in [-0.05, 0) is 0 Å². The van der Waals surface area contributed by atoms with Crippen molar-refractivity contribution in [3.05, 3.63) is 11.6 Å². The molecule has 1 heterocycles. The lowest BCUT2D eigenvalue weighted by Crippen LogP contribution is -2.18. The van der Waals surface area contributed by atoms with Crippen LogP contribution in [0, 0.1) is 0 Å². The van der Waals surface area contributed by atoms with Crippen LogP contribution in [0.2, 0.25) is 0 Å². The molecular formula is C8H11BrF3N3O. The molecule has 0 saturated carbocycles. The van der Waals surface area contributed by atoms with Gasteiger partial charge < -0.3 is 9.30 Å². The summed E-state index contributed by atoms with van der Waals surface area (Å²) >= 11 is 3.23. The monoisotopic (exact) mass is 301 g/mol. The molecule has 0 spiro atoms.